The molecular formula is C24H15F2N5OS. The van der Waals surface area contributed by atoms with Crippen molar-refractivity contribution >= 4 is 39.3 Å². The molecule has 1 N–H and O–H groups in total. The number of nitrogens with zero attached hydrogens (tertiary/aromatic N) is 4. The second-order valence-corrected chi connectivity index (χ2v) is 7.98. The third-order valence-electron chi connectivity index (χ3n) is 4.75. The number of ether oxygens (including phenoxy) is 1. The zero-order valence-electron chi connectivity index (χ0n) is 17.5. The lowest BCUT2D eigenvalue weighted by atomic mass is 10.1. The van der Waals surface area contributed by atoms with E-state index >= 15 is 0 Å². The molecule has 2 aromatic heterocycles. The summed E-state index contributed by atoms with van der Waals surface area (Å²) in [6.45, 7) is 3.76. The molecule has 2 aromatic carbocycles. The first kappa shape index (κ1) is 21.9. The fourth-order valence-electron chi connectivity index (χ4n) is 3.29. The Morgan fingerprint density at radius 2 is 1.82 bits per heavy atom. The fourth-order valence-corrected chi connectivity index (χ4v) is 4.04. The summed E-state index contributed by atoms with van der Waals surface area (Å²) in [4.78, 5) is 8.74. The second kappa shape index (κ2) is 9.03. The molecule has 0 fully saturated rings. The van der Waals surface area contributed by atoms with E-state index in [4.69, 9.17) is 15.3 Å². The number of nitrogens with one attached hydrogen (secondary N) is 1. The number of nitriles is 2. The van der Waals surface area contributed by atoms with Gasteiger partial charge in [-0.25, -0.2) is 13.8 Å². The summed E-state index contributed by atoms with van der Waals surface area (Å²) in [5.41, 5.74) is 2.52. The number of anilines is 2. The third-order valence-corrected chi connectivity index (χ3v) is 5.65. The largest absolute Gasteiger partial charge is 0.437 e. The SMILES string of the molecule is Cc1cc(/C=C/C#N)cc(C)c1Oc1nc(Nc2ccc(C#N)c(F)c2F)nc2ccsc12. The van der Waals surface area contributed by atoms with Gasteiger partial charge in [-0.3, -0.25) is 0 Å². The summed E-state index contributed by atoms with van der Waals surface area (Å²) in [6.07, 6.45) is 3.11. The topological polar surface area (TPSA) is 94.6 Å². The van der Waals surface area contributed by atoms with Crippen LogP contribution in [0.3, 0.4) is 0 Å². The lowest BCUT2D eigenvalue weighted by Crippen LogP contribution is -2.03. The predicted octanol–water partition coefficient (Wildman–Crippen LogP) is 6.53. The van der Waals surface area contributed by atoms with Crippen LogP contribution in [0.5, 0.6) is 11.6 Å². The Hall–Kier alpha value is -4.34. The number of halogens is 2. The van der Waals surface area contributed by atoms with Crippen LogP contribution in [0.15, 0.2) is 41.8 Å². The van der Waals surface area contributed by atoms with E-state index in [0.29, 0.717) is 16.0 Å². The number of hydrogen-bond acceptors (Lipinski definition) is 7. The van der Waals surface area contributed by atoms with Crippen LogP contribution >= 0.6 is 11.3 Å². The van der Waals surface area contributed by atoms with Crippen LogP contribution in [0, 0.1) is 48.1 Å². The molecule has 0 bridgehead atoms. The predicted molar refractivity (Wildman–Crippen MR) is 122 cm³/mol. The van der Waals surface area contributed by atoms with Gasteiger partial charge in [0.25, 0.3) is 0 Å². The summed E-state index contributed by atoms with van der Waals surface area (Å²) in [7, 11) is 0. The van der Waals surface area contributed by atoms with Gasteiger partial charge in [-0.2, -0.15) is 15.5 Å². The van der Waals surface area contributed by atoms with E-state index in [-0.39, 0.29) is 17.5 Å². The highest BCUT2D eigenvalue weighted by Gasteiger charge is 2.17. The molecule has 0 atom stereocenters. The lowest BCUT2D eigenvalue weighted by Gasteiger charge is -2.14. The van der Waals surface area contributed by atoms with Gasteiger partial charge in [0, 0.05) is 6.08 Å². The average Bonchev–Trinajstić information content (AvgIpc) is 3.27. The number of aryl methyl sites for hydroxylation is 2. The van der Waals surface area contributed by atoms with Crippen molar-refractivity contribution in [3.63, 3.8) is 0 Å². The summed E-state index contributed by atoms with van der Waals surface area (Å²) in [5, 5.41) is 22.1. The van der Waals surface area contributed by atoms with E-state index in [1.54, 1.807) is 18.2 Å². The molecule has 162 valence electrons. The Morgan fingerprint density at radius 3 is 2.52 bits per heavy atom. The standard InChI is InChI=1S/C24H15F2N5OS/c1-13-10-15(4-3-8-27)11-14(2)21(13)32-23-22-18(7-9-33-22)30-24(31-23)29-17-6-5-16(12-28)19(25)20(17)26/h3-7,9-11H,1-2H3,(H,29,30,31)/b4-3+. The Labute approximate surface area is 192 Å². The fraction of sp³-hybridized carbons (Fsp3) is 0.0833. The van der Waals surface area contributed by atoms with Crippen LogP contribution < -0.4 is 10.1 Å². The third kappa shape index (κ3) is 4.36. The van der Waals surface area contributed by atoms with Crippen LogP contribution in [-0.2, 0) is 0 Å². The van der Waals surface area contributed by atoms with Gasteiger partial charge in [0.2, 0.25) is 11.8 Å². The van der Waals surface area contributed by atoms with Crippen molar-refractivity contribution in [3.05, 3.63) is 75.7 Å². The summed E-state index contributed by atoms with van der Waals surface area (Å²) in [5.74, 6) is -1.56. The van der Waals surface area contributed by atoms with Crippen molar-refractivity contribution < 1.29 is 13.5 Å². The quantitative estimate of drug-likeness (QED) is 0.341. The molecule has 0 aliphatic heterocycles. The van der Waals surface area contributed by atoms with Crippen LogP contribution in [0.1, 0.15) is 22.3 Å². The summed E-state index contributed by atoms with van der Waals surface area (Å²) < 4.78 is 35.2. The molecule has 2 heterocycles. The Morgan fingerprint density at radius 1 is 1.06 bits per heavy atom. The normalized spacial score (nSPS) is 10.8. The Bertz CT molecular complexity index is 1470. The first-order valence-electron chi connectivity index (χ1n) is 9.67. The molecule has 33 heavy (non-hydrogen) atoms. The molecule has 0 spiro atoms. The number of thiophene rings is 1. The highest BCUT2D eigenvalue weighted by molar-refractivity contribution is 7.17. The number of aromatic nitrogens is 2. The van der Waals surface area contributed by atoms with Crippen LogP contribution in [0.2, 0.25) is 0 Å². The van der Waals surface area contributed by atoms with Gasteiger partial charge < -0.3 is 10.1 Å². The first-order chi connectivity index (χ1) is 15.9. The summed E-state index contributed by atoms with van der Waals surface area (Å²) in [6, 6.07) is 11.5. The van der Waals surface area contributed by atoms with E-state index in [0.717, 1.165) is 16.7 Å². The number of benzene rings is 2. The van der Waals surface area contributed by atoms with E-state index in [9.17, 15) is 8.78 Å². The molecule has 4 rings (SSSR count). The monoisotopic (exact) mass is 459 g/mol. The van der Waals surface area contributed by atoms with Gasteiger partial charge in [-0.05, 0) is 72.3 Å². The molecule has 0 radical (unpaired) electrons. The van der Waals surface area contributed by atoms with Crippen molar-refractivity contribution in [2.75, 3.05) is 5.32 Å². The van der Waals surface area contributed by atoms with Gasteiger partial charge in [0.15, 0.2) is 11.6 Å². The van der Waals surface area contributed by atoms with Crippen molar-refractivity contribution in [3.8, 4) is 23.8 Å². The minimum absolute atomic E-state index is 0.0165. The van der Waals surface area contributed by atoms with E-state index in [1.807, 2.05) is 37.4 Å². The van der Waals surface area contributed by atoms with Crippen molar-refractivity contribution in [1.29, 1.82) is 10.5 Å². The zero-order chi connectivity index (χ0) is 23.5. The molecular weight excluding hydrogens is 444 g/mol. The summed E-state index contributed by atoms with van der Waals surface area (Å²) >= 11 is 1.39. The van der Waals surface area contributed by atoms with Crippen LogP contribution in [0.4, 0.5) is 20.4 Å². The van der Waals surface area contributed by atoms with Crippen LogP contribution in [0.25, 0.3) is 16.3 Å². The Balaban J connectivity index is 1.73. The van der Waals surface area contributed by atoms with Gasteiger partial charge in [-0.15, -0.1) is 11.3 Å². The maximum atomic E-state index is 14.4. The molecule has 0 saturated heterocycles. The van der Waals surface area contributed by atoms with Gasteiger partial charge in [0.1, 0.15) is 16.5 Å². The molecule has 0 saturated carbocycles. The molecule has 0 aliphatic carbocycles. The average molecular weight is 459 g/mol. The second-order valence-electron chi connectivity index (χ2n) is 7.06. The smallest absolute Gasteiger partial charge is 0.242 e. The number of hydrogen-bond donors (Lipinski definition) is 1. The highest BCUT2D eigenvalue weighted by Crippen LogP contribution is 2.36. The molecule has 4 aromatic rings. The lowest BCUT2D eigenvalue weighted by molar-refractivity contribution is 0.462. The first-order valence-corrected chi connectivity index (χ1v) is 10.5. The molecule has 6 nitrogen and oxygen atoms in total. The van der Waals surface area contributed by atoms with Gasteiger partial charge in [0.05, 0.1) is 22.8 Å². The van der Waals surface area contributed by atoms with Gasteiger partial charge in [-0.1, -0.05) is 0 Å². The zero-order valence-corrected chi connectivity index (χ0v) is 18.3. The number of fused-ring (bicyclic) bond motifs is 1. The van der Waals surface area contributed by atoms with Crippen molar-refractivity contribution in [1.82, 2.24) is 9.97 Å². The van der Waals surface area contributed by atoms with Crippen LogP contribution in [-0.4, -0.2) is 9.97 Å². The van der Waals surface area contributed by atoms with Crippen molar-refractivity contribution in [2.24, 2.45) is 0 Å². The van der Waals surface area contributed by atoms with E-state index in [1.165, 1.54) is 29.5 Å². The Kier molecular flexibility index (Phi) is 5.99. The van der Waals surface area contributed by atoms with E-state index < -0.39 is 17.2 Å². The number of rotatable bonds is 5. The van der Waals surface area contributed by atoms with Crippen molar-refractivity contribution in [2.45, 2.75) is 13.8 Å². The van der Waals surface area contributed by atoms with Gasteiger partial charge >= 0.3 is 0 Å². The highest BCUT2D eigenvalue weighted by atomic mass is 32.1. The molecule has 9 heteroatoms. The van der Waals surface area contributed by atoms with E-state index in [2.05, 4.69) is 15.3 Å². The maximum Gasteiger partial charge on any atom is 0.242 e. The number of allylic oxidation sites excluding steroid dienone is 1. The molecule has 0 amide bonds. The minimum Gasteiger partial charge on any atom is -0.437 e. The minimum atomic E-state index is -1.24. The molecule has 0 unspecified atom stereocenters. The molecule has 0 aliphatic rings. The maximum absolute atomic E-state index is 14.4.